The number of hydrogen-bond donors (Lipinski definition) is 1. The average molecular weight is 445 g/mol. The van der Waals surface area contributed by atoms with Crippen LogP contribution in [0.1, 0.15) is 62.7 Å². The van der Waals surface area contributed by atoms with Gasteiger partial charge in [0.25, 0.3) is 5.56 Å². The van der Waals surface area contributed by atoms with E-state index >= 15 is 0 Å². The van der Waals surface area contributed by atoms with E-state index in [0.29, 0.717) is 17.9 Å². The van der Waals surface area contributed by atoms with Gasteiger partial charge in [0, 0.05) is 12.1 Å². The lowest BCUT2D eigenvalue weighted by atomic mass is 9.98. The summed E-state index contributed by atoms with van der Waals surface area (Å²) in [7, 11) is 0. The summed E-state index contributed by atoms with van der Waals surface area (Å²) in [6, 6.07) is 17.9. The molecule has 2 aromatic heterocycles. The van der Waals surface area contributed by atoms with Gasteiger partial charge in [-0.15, -0.1) is 5.10 Å². The summed E-state index contributed by atoms with van der Waals surface area (Å²) in [5.74, 6) is 0.678. The molecule has 7 nitrogen and oxygen atoms in total. The molecule has 0 bridgehead atoms. The van der Waals surface area contributed by atoms with Crippen molar-refractivity contribution in [3.63, 3.8) is 0 Å². The molecule has 0 spiro atoms. The summed E-state index contributed by atoms with van der Waals surface area (Å²) < 4.78 is 1.88. The molecule has 0 aliphatic rings. The van der Waals surface area contributed by atoms with Crippen molar-refractivity contribution in [2.45, 2.75) is 59.2 Å². The first kappa shape index (κ1) is 22.9. The van der Waals surface area contributed by atoms with E-state index in [1.54, 1.807) is 0 Å². The van der Waals surface area contributed by atoms with Crippen LogP contribution >= 0.6 is 0 Å². The van der Waals surface area contributed by atoms with E-state index in [1.165, 1.54) is 5.56 Å². The molecule has 2 aromatic carbocycles. The van der Waals surface area contributed by atoms with Crippen LogP contribution in [0.4, 0.5) is 0 Å². The third-order valence-electron chi connectivity index (χ3n) is 6.59. The summed E-state index contributed by atoms with van der Waals surface area (Å²) in [6.45, 7) is 11.9. The summed E-state index contributed by atoms with van der Waals surface area (Å²) in [5, 5.41) is 13.9. The molecule has 172 valence electrons. The number of H-pyrrole nitrogens is 1. The van der Waals surface area contributed by atoms with Crippen molar-refractivity contribution in [1.82, 2.24) is 30.1 Å². The number of benzene rings is 2. The first-order valence-electron chi connectivity index (χ1n) is 11.5. The van der Waals surface area contributed by atoms with Crippen molar-refractivity contribution >= 4 is 10.9 Å². The maximum absolute atomic E-state index is 13.5. The molecule has 1 atom stereocenters. The van der Waals surface area contributed by atoms with Gasteiger partial charge in [0.2, 0.25) is 0 Å². The number of rotatable bonds is 8. The smallest absolute Gasteiger partial charge is 0.253 e. The fourth-order valence-electron chi connectivity index (χ4n) is 4.25. The predicted molar refractivity (Wildman–Crippen MR) is 131 cm³/mol. The predicted octanol–water partition coefficient (Wildman–Crippen LogP) is 4.58. The van der Waals surface area contributed by atoms with Gasteiger partial charge >= 0.3 is 0 Å². The van der Waals surface area contributed by atoms with Crippen molar-refractivity contribution < 1.29 is 0 Å². The highest BCUT2D eigenvalue weighted by molar-refractivity contribution is 5.82. The zero-order valence-electron chi connectivity index (χ0n) is 20.0. The molecule has 0 fully saturated rings. The van der Waals surface area contributed by atoms with Crippen LogP contribution in [-0.2, 0) is 12.1 Å². The maximum atomic E-state index is 13.5. The number of pyridine rings is 1. The molecule has 0 aliphatic carbocycles. The Morgan fingerprint density at radius 1 is 1.09 bits per heavy atom. The topological polar surface area (TPSA) is 79.7 Å². The van der Waals surface area contributed by atoms with Gasteiger partial charge < -0.3 is 4.98 Å². The van der Waals surface area contributed by atoms with Gasteiger partial charge in [-0.3, -0.25) is 9.69 Å². The van der Waals surface area contributed by atoms with Gasteiger partial charge in [0.15, 0.2) is 5.82 Å². The molecule has 1 N–H and O–H groups in total. The molecule has 4 aromatic rings. The second kappa shape index (κ2) is 9.27. The third-order valence-corrected chi connectivity index (χ3v) is 6.59. The quantitative estimate of drug-likeness (QED) is 0.430. The number of aromatic nitrogens is 5. The molecule has 0 amide bonds. The Bertz CT molecular complexity index is 1290. The Kier molecular flexibility index (Phi) is 6.42. The highest BCUT2D eigenvalue weighted by Crippen LogP contribution is 2.31. The zero-order valence-corrected chi connectivity index (χ0v) is 20.0. The van der Waals surface area contributed by atoms with E-state index in [2.05, 4.69) is 65.2 Å². The van der Waals surface area contributed by atoms with Crippen molar-refractivity contribution in [2.24, 2.45) is 0 Å². The Morgan fingerprint density at radius 2 is 1.85 bits per heavy atom. The fraction of sp³-hybridized carbons (Fsp3) is 0.385. The molecule has 33 heavy (non-hydrogen) atoms. The second-order valence-electron chi connectivity index (χ2n) is 9.16. The SMILES string of the molecule is CCN(Cc1ccccc1)[C@@H](c1cc2cccc(C)c2[nH]c1=O)c1nnnn1C(C)(C)CC. The van der Waals surface area contributed by atoms with Crippen LogP contribution in [0.2, 0.25) is 0 Å². The minimum Gasteiger partial charge on any atom is -0.321 e. The van der Waals surface area contributed by atoms with Crippen LogP contribution in [0, 0.1) is 6.92 Å². The Balaban J connectivity index is 1.93. The number of aryl methyl sites for hydroxylation is 1. The number of nitrogens with zero attached hydrogens (tertiary/aromatic N) is 5. The van der Waals surface area contributed by atoms with E-state index in [9.17, 15) is 4.79 Å². The monoisotopic (exact) mass is 444 g/mol. The molecule has 0 radical (unpaired) electrons. The van der Waals surface area contributed by atoms with Gasteiger partial charge in [-0.05, 0) is 66.7 Å². The summed E-state index contributed by atoms with van der Waals surface area (Å²) >= 11 is 0. The number of para-hydroxylation sites is 1. The van der Waals surface area contributed by atoms with E-state index in [-0.39, 0.29) is 11.1 Å². The van der Waals surface area contributed by atoms with Gasteiger partial charge in [-0.2, -0.15) is 0 Å². The lowest BCUT2D eigenvalue weighted by molar-refractivity contribution is 0.197. The summed E-state index contributed by atoms with van der Waals surface area (Å²) in [6.07, 6.45) is 0.857. The number of aromatic amines is 1. The largest absolute Gasteiger partial charge is 0.321 e. The highest BCUT2D eigenvalue weighted by Gasteiger charge is 2.33. The van der Waals surface area contributed by atoms with Crippen molar-refractivity contribution in [3.05, 3.63) is 87.5 Å². The number of tetrazole rings is 1. The van der Waals surface area contributed by atoms with Crippen LogP contribution in [0.3, 0.4) is 0 Å². The van der Waals surface area contributed by atoms with E-state index in [0.717, 1.165) is 29.4 Å². The van der Waals surface area contributed by atoms with Crippen molar-refractivity contribution in [1.29, 1.82) is 0 Å². The van der Waals surface area contributed by atoms with Gasteiger partial charge in [-0.1, -0.05) is 62.4 Å². The second-order valence-corrected chi connectivity index (χ2v) is 9.16. The zero-order chi connectivity index (χ0) is 23.6. The van der Waals surface area contributed by atoms with Crippen LogP contribution in [0.15, 0.2) is 59.4 Å². The first-order chi connectivity index (χ1) is 15.9. The molecule has 0 unspecified atom stereocenters. The molecule has 2 heterocycles. The number of hydrogen-bond acceptors (Lipinski definition) is 5. The molecule has 0 saturated heterocycles. The molecular formula is C26H32N6O. The van der Waals surface area contributed by atoms with Gasteiger partial charge in [0.05, 0.1) is 11.1 Å². The molecular weight excluding hydrogens is 412 g/mol. The van der Waals surface area contributed by atoms with Gasteiger partial charge in [0.1, 0.15) is 6.04 Å². The molecule has 0 saturated carbocycles. The van der Waals surface area contributed by atoms with Gasteiger partial charge in [-0.25, -0.2) is 4.68 Å². The molecule has 4 rings (SSSR count). The van der Waals surface area contributed by atoms with Crippen LogP contribution in [0.5, 0.6) is 0 Å². The lowest BCUT2D eigenvalue weighted by Gasteiger charge is -2.33. The van der Waals surface area contributed by atoms with E-state index in [4.69, 9.17) is 0 Å². The Hall–Kier alpha value is -3.32. The third kappa shape index (κ3) is 4.46. The van der Waals surface area contributed by atoms with Crippen molar-refractivity contribution in [3.8, 4) is 0 Å². The Labute approximate surface area is 194 Å². The van der Waals surface area contributed by atoms with Crippen LogP contribution in [-0.4, -0.2) is 36.6 Å². The fourth-order valence-corrected chi connectivity index (χ4v) is 4.25. The average Bonchev–Trinajstić information content (AvgIpc) is 3.31. The van der Waals surface area contributed by atoms with Crippen molar-refractivity contribution in [2.75, 3.05) is 6.54 Å². The first-order valence-corrected chi connectivity index (χ1v) is 11.5. The minimum atomic E-state index is -0.398. The highest BCUT2D eigenvalue weighted by atomic mass is 16.1. The standard InChI is InChI=1S/C26H32N6O/c1-6-26(4,5)32-24(28-29-30-32)23(31(7-2)17-19-13-9-8-10-14-19)21-16-20-15-11-12-18(3)22(20)27-25(21)33/h8-16,23H,6-7,17H2,1-5H3,(H,27,33)/t23-/m0/s1. The number of nitrogens with one attached hydrogen (secondary N) is 1. The minimum absolute atomic E-state index is 0.114. The normalized spacial score (nSPS) is 13.0. The number of fused-ring (bicyclic) bond motifs is 1. The summed E-state index contributed by atoms with van der Waals surface area (Å²) in [5.41, 5.74) is 3.33. The molecule has 0 aliphatic heterocycles. The summed E-state index contributed by atoms with van der Waals surface area (Å²) in [4.78, 5) is 18.8. The Morgan fingerprint density at radius 3 is 2.55 bits per heavy atom. The van der Waals surface area contributed by atoms with E-state index < -0.39 is 6.04 Å². The lowest BCUT2D eigenvalue weighted by Crippen LogP contribution is -2.38. The van der Waals surface area contributed by atoms with Crippen LogP contribution < -0.4 is 5.56 Å². The molecule has 7 heteroatoms. The van der Waals surface area contributed by atoms with Crippen LogP contribution in [0.25, 0.3) is 10.9 Å². The maximum Gasteiger partial charge on any atom is 0.253 e. The van der Waals surface area contributed by atoms with E-state index in [1.807, 2.05) is 54.1 Å².